The quantitative estimate of drug-likeness (QED) is 0.288. The molecule has 9 heteroatoms. The van der Waals surface area contributed by atoms with Crippen LogP contribution in [-0.4, -0.2) is 30.6 Å². The lowest BCUT2D eigenvalue weighted by Crippen LogP contribution is -2.38. The van der Waals surface area contributed by atoms with E-state index < -0.39 is 6.61 Å². The van der Waals surface area contributed by atoms with Crippen molar-refractivity contribution in [2.75, 3.05) is 13.1 Å². The summed E-state index contributed by atoms with van der Waals surface area (Å²) in [6.07, 6.45) is 1.74. The van der Waals surface area contributed by atoms with E-state index in [0.29, 0.717) is 24.6 Å². The molecule has 2 aromatic rings. The summed E-state index contributed by atoms with van der Waals surface area (Å²) >= 11 is 1.67. The summed E-state index contributed by atoms with van der Waals surface area (Å²) in [5, 5.41) is 9.63. The first-order chi connectivity index (χ1) is 13.0. The van der Waals surface area contributed by atoms with Gasteiger partial charge in [0.1, 0.15) is 5.75 Å². The van der Waals surface area contributed by atoms with E-state index in [-0.39, 0.29) is 36.3 Å². The maximum absolute atomic E-state index is 12.6. The summed E-state index contributed by atoms with van der Waals surface area (Å²) in [6, 6.07) is 5.11. The molecule has 1 aromatic heterocycles. The minimum atomic E-state index is -2.85. The van der Waals surface area contributed by atoms with E-state index in [1.165, 1.54) is 0 Å². The van der Waals surface area contributed by atoms with Crippen LogP contribution in [-0.2, 0) is 19.4 Å². The SMILES string of the molecule is CCNC(=NCc1cc(C)ccc1OC(F)F)NCCc1csc(CC)n1.I. The van der Waals surface area contributed by atoms with Gasteiger partial charge in [0.05, 0.1) is 17.2 Å². The van der Waals surface area contributed by atoms with Gasteiger partial charge in [0, 0.05) is 30.5 Å². The molecule has 0 saturated carbocycles. The summed E-state index contributed by atoms with van der Waals surface area (Å²) in [7, 11) is 0. The van der Waals surface area contributed by atoms with Crippen LogP contribution in [0.4, 0.5) is 8.78 Å². The van der Waals surface area contributed by atoms with Gasteiger partial charge in [0.25, 0.3) is 0 Å². The van der Waals surface area contributed by atoms with E-state index >= 15 is 0 Å². The Hall–Kier alpha value is -1.49. The fraction of sp³-hybridized carbons (Fsp3) is 0.474. The molecular weight excluding hydrogens is 497 g/mol. The Kier molecular flexibility index (Phi) is 11.3. The zero-order chi connectivity index (χ0) is 19.6. The summed E-state index contributed by atoms with van der Waals surface area (Å²) in [4.78, 5) is 9.04. The first kappa shape index (κ1) is 24.5. The van der Waals surface area contributed by atoms with Crippen LogP contribution in [0, 0.1) is 6.92 Å². The maximum atomic E-state index is 12.6. The molecule has 0 spiro atoms. The number of alkyl halides is 2. The molecule has 0 unspecified atom stereocenters. The lowest BCUT2D eigenvalue weighted by molar-refractivity contribution is -0.0504. The van der Waals surface area contributed by atoms with Crippen molar-refractivity contribution in [3.8, 4) is 5.75 Å². The predicted molar refractivity (Wildman–Crippen MR) is 121 cm³/mol. The molecule has 0 aliphatic carbocycles. The lowest BCUT2D eigenvalue weighted by atomic mass is 10.1. The van der Waals surface area contributed by atoms with Gasteiger partial charge in [-0.1, -0.05) is 24.6 Å². The molecular formula is C19H27F2IN4OS. The second-order valence-corrected chi connectivity index (χ2v) is 6.89. The Bertz CT molecular complexity index is 755. The highest BCUT2D eigenvalue weighted by Gasteiger charge is 2.10. The Labute approximate surface area is 186 Å². The van der Waals surface area contributed by atoms with Gasteiger partial charge in [0.2, 0.25) is 0 Å². The van der Waals surface area contributed by atoms with Crippen molar-refractivity contribution < 1.29 is 13.5 Å². The second-order valence-electron chi connectivity index (χ2n) is 5.95. The topological polar surface area (TPSA) is 58.5 Å². The number of halogens is 3. The van der Waals surface area contributed by atoms with Gasteiger partial charge in [-0.15, -0.1) is 35.3 Å². The van der Waals surface area contributed by atoms with E-state index in [0.717, 1.165) is 29.1 Å². The lowest BCUT2D eigenvalue weighted by Gasteiger charge is -2.13. The van der Waals surface area contributed by atoms with Gasteiger partial charge in [-0.25, -0.2) is 9.98 Å². The largest absolute Gasteiger partial charge is 0.434 e. The number of nitrogens with one attached hydrogen (secondary N) is 2. The van der Waals surface area contributed by atoms with Crippen molar-refractivity contribution in [2.24, 2.45) is 4.99 Å². The van der Waals surface area contributed by atoms with Crippen LogP contribution in [0.25, 0.3) is 0 Å². The molecule has 0 bridgehead atoms. The van der Waals surface area contributed by atoms with Crippen LogP contribution in [0.5, 0.6) is 5.75 Å². The van der Waals surface area contributed by atoms with Crippen molar-refractivity contribution in [2.45, 2.75) is 46.8 Å². The molecule has 0 aliphatic heterocycles. The molecule has 0 atom stereocenters. The Morgan fingerprint density at radius 2 is 2.07 bits per heavy atom. The van der Waals surface area contributed by atoms with Crippen LogP contribution in [0.15, 0.2) is 28.6 Å². The smallest absolute Gasteiger partial charge is 0.387 e. The van der Waals surface area contributed by atoms with Crippen molar-refractivity contribution >= 4 is 41.3 Å². The number of rotatable bonds is 9. The molecule has 0 saturated heterocycles. The fourth-order valence-corrected chi connectivity index (χ4v) is 3.26. The summed E-state index contributed by atoms with van der Waals surface area (Å²) in [6.45, 7) is 4.76. The average molecular weight is 524 g/mol. The Balaban J connectivity index is 0.00000392. The molecule has 1 heterocycles. The van der Waals surface area contributed by atoms with Crippen LogP contribution in [0.1, 0.15) is 35.7 Å². The normalized spacial score (nSPS) is 11.3. The standard InChI is InChI=1S/C19H26F2N4OS.HI/c1-4-17-25-15(12-27-17)8-9-23-19(22-5-2)24-11-14-10-13(3)6-7-16(14)26-18(20)21;/h6-7,10,12,18H,4-5,8-9,11H2,1-3H3,(H2,22,23,24);1H. The van der Waals surface area contributed by atoms with Gasteiger partial charge in [-0.05, 0) is 26.3 Å². The van der Waals surface area contributed by atoms with Gasteiger partial charge in [0.15, 0.2) is 5.96 Å². The van der Waals surface area contributed by atoms with Crippen molar-refractivity contribution in [1.82, 2.24) is 15.6 Å². The minimum absolute atomic E-state index is 0. The maximum Gasteiger partial charge on any atom is 0.387 e. The van der Waals surface area contributed by atoms with Crippen LogP contribution < -0.4 is 15.4 Å². The number of guanidine groups is 1. The zero-order valence-electron chi connectivity index (χ0n) is 16.3. The summed E-state index contributed by atoms with van der Waals surface area (Å²) in [5.41, 5.74) is 2.65. The van der Waals surface area contributed by atoms with Crippen molar-refractivity contribution in [3.63, 3.8) is 0 Å². The number of hydrogen-bond acceptors (Lipinski definition) is 4. The van der Waals surface area contributed by atoms with Gasteiger partial charge in [-0.3, -0.25) is 0 Å². The molecule has 1 aromatic carbocycles. The fourth-order valence-electron chi connectivity index (χ4n) is 2.48. The number of benzene rings is 1. The third-order valence-electron chi connectivity index (χ3n) is 3.76. The highest BCUT2D eigenvalue weighted by molar-refractivity contribution is 14.0. The number of aryl methyl sites for hydroxylation is 2. The highest BCUT2D eigenvalue weighted by atomic mass is 127. The second kappa shape index (κ2) is 12.9. The van der Waals surface area contributed by atoms with Crippen LogP contribution >= 0.6 is 35.3 Å². The molecule has 2 rings (SSSR count). The monoisotopic (exact) mass is 524 g/mol. The minimum Gasteiger partial charge on any atom is -0.434 e. The van der Waals surface area contributed by atoms with E-state index in [2.05, 4.69) is 37.7 Å². The predicted octanol–water partition coefficient (Wildman–Crippen LogP) is 4.53. The summed E-state index contributed by atoms with van der Waals surface area (Å²) < 4.78 is 29.8. The van der Waals surface area contributed by atoms with Gasteiger partial charge in [-0.2, -0.15) is 8.78 Å². The number of nitrogens with zero attached hydrogens (tertiary/aromatic N) is 2. The Morgan fingerprint density at radius 1 is 1.29 bits per heavy atom. The molecule has 2 N–H and O–H groups in total. The Morgan fingerprint density at radius 3 is 2.71 bits per heavy atom. The zero-order valence-corrected chi connectivity index (χ0v) is 19.4. The van der Waals surface area contributed by atoms with Gasteiger partial charge >= 0.3 is 6.61 Å². The van der Waals surface area contributed by atoms with Crippen LogP contribution in [0.3, 0.4) is 0 Å². The van der Waals surface area contributed by atoms with Crippen LogP contribution in [0.2, 0.25) is 0 Å². The first-order valence-electron chi connectivity index (χ1n) is 9.01. The number of thiazole rings is 1. The van der Waals surface area contributed by atoms with E-state index in [1.807, 2.05) is 19.9 Å². The number of aromatic nitrogens is 1. The van der Waals surface area contributed by atoms with Gasteiger partial charge < -0.3 is 15.4 Å². The molecule has 0 amide bonds. The highest BCUT2D eigenvalue weighted by Crippen LogP contribution is 2.22. The molecule has 5 nitrogen and oxygen atoms in total. The average Bonchev–Trinajstić information content (AvgIpc) is 3.09. The number of hydrogen-bond donors (Lipinski definition) is 2. The number of aliphatic imine (C=N–C) groups is 1. The van der Waals surface area contributed by atoms with E-state index in [1.54, 1.807) is 23.5 Å². The third-order valence-corrected chi connectivity index (χ3v) is 4.80. The number of ether oxygens (including phenoxy) is 1. The van der Waals surface area contributed by atoms with Crippen molar-refractivity contribution in [1.29, 1.82) is 0 Å². The first-order valence-corrected chi connectivity index (χ1v) is 9.89. The molecule has 0 fully saturated rings. The molecule has 156 valence electrons. The van der Waals surface area contributed by atoms with E-state index in [4.69, 9.17) is 0 Å². The van der Waals surface area contributed by atoms with E-state index in [9.17, 15) is 8.78 Å². The molecule has 0 radical (unpaired) electrons. The van der Waals surface area contributed by atoms with Crippen molar-refractivity contribution in [3.05, 3.63) is 45.4 Å². The molecule has 0 aliphatic rings. The third kappa shape index (κ3) is 8.26. The molecule has 28 heavy (non-hydrogen) atoms. The summed E-state index contributed by atoms with van der Waals surface area (Å²) in [5.74, 6) is 0.790.